The molecule has 18 heteroatoms. The van der Waals surface area contributed by atoms with Crippen LogP contribution in [-0.4, -0.2) is 95.9 Å². The number of ether oxygens (including phenoxy) is 3. The molecule has 0 aromatic carbocycles. The van der Waals surface area contributed by atoms with E-state index < -0.39 is 91.5 Å². The average Bonchev–Trinajstić information content (AvgIpc) is 3.47. The van der Waals surface area contributed by atoms with Crippen LogP contribution in [0.5, 0.6) is 0 Å². The first-order valence-electron chi connectivity index (χ1n) is 31.9. The quantitative estimate of drug-likeness (QED) is 0.0146. The summed E-state index contributed by atoms with van der Waals surface area (Å²) in [5.74, 6) is -1.61. The van der Waals surface area contributed by atoms with Crippen LogP contribution in [-0.2, 0) is 55.8 Å². The van der Waals surface area contributed by atoms with Crippen molar-refractivity contribution >= 4 is 33.6 Å². The number of carbonyl (C=O) groups excluding carboxylic acids is 3. The third-order valence-electron chi connectivity index (χ3n) is 13.1. The van der Waals surface area contributed by atoms with Crippen molar-refractivity contribution in [2.24, 2.45) is 0 Å². The predicted octanol–water partition coefficient (Wildman–Crippen LogP) is 17.0. The van der Waals surface area contributed by atoms with Crippen LogP contribution in [0.2, 0.25) is 0 Å². The van der Waals surface area contributed by atoms with Crippen LogP contribution in [0.15, 0.2) is 85.1 Å². The molecule has 0 rings (SSSR count). The summed E-state index contributed by atoms with van der Waals surface area (Å²) in [6.07, 6.45) is 60.7. The molecule has 480 valence electrons. The molecular formula is C65H114O16P2. The zero-order chi connectivity index (χ0) is 61.0. The van der Waals surface area contributed by atoms with E-state index in [4.69, 9.17) is 32.3 Å². The predicted molar refractivity (Wildman–Crippen MR) is 334 cm³/mol. The van der Waals surface area contributed by atoms with Gasteiger partial charge in [0.15, 0.2) is 6.10 Å². The van der Waals surface area contributed by atoms with Gasteiger partial charge in [-0.2, -0.15) is 0 Å². The number of hydrogen-bond acceptors (Lipinski definition) is 14. The van der Waals surface area contributed by atoms with E-state index in [0.717, 1.165) is 141 Å². The van der Waals surface area contributed by atoms with Gasteiger partial charge in [-0.3, -0.25) is 32.5 Å². The maximum absolute atomic E-state index is 12.9. The number of carbonyl (C=O) groups is 3. The van der Waals surface area contributed by atoms with Gasteiger partial charge in [0.1, 0.15) is 25.4 Å². The van der Waals surface area contributed by atoms with Crippen molar-refractivity contribution in [1.29, 1.82) is 0 Å². The molecule has 0 saturated carbocycles. The Morgan fingerprint density at radius 1 is 0.349 bits per heavy atom. The van der Waals surface area contributed by atoms with Crippen molar-refractivity contribution in [3.8, 4) is 0 Å². The van der Waals surface area contributed by atoms with Crippen LogP contribution in [0.25, 0.3) is 0 Å². The summed E-state index contributed by atoms with van der Waals surface area (Å²) in [5.41, 5.74) is 0. The zero-order valence-corrected chi connectivity index (χ0v) is 53.4. The summed E-state index contributed by atoms with van der Waals surface area (Å²) in [6, 6.07) is 0. The number of phosphoric acid groups is 2. The van der Waals surface area contributed by atoms with Gasteiger partial charge in [0, 0.05) is 19.3 Å². The number of allylic oxidation sites excluding steroid dienone is 14. The molecule has 0 aliphatic rings. The van der Waals surface area contributed by atoms with E-state index in [0.29, 0.717) is 19.3 Å². The van der Waals surface area contributed by atoms with Crippen LogP contribution in [0.4, 0.5) is 0 Å². The third kappa shape index (κ3) is 60.2. The van der Waals surface area contributed by atoms with Gasteiger partial charge in [-0.05, 0) is 116 Å². The lowest BCUT2D eigenvalue weighted by atomic mass is 10.1. The fourth-order valence-electron chi connectivity index (χ4n) is 8.17. The Morgan fingerprint density at radius 3 is 1.02 bits per heavy atom. The molecule has 0 aliphatic heterocycles. The normalized spacial score (nSPS) is 14.9. The molecule has 0 fully saturated rings. The molecule has 0 bridgehead atoms. The standard InChI is InChI=1S/C65H114O16P2/c1-4-7-10-13-16-19-22-25-26-27-28-29-30-31-32-35-37-39-42-45-48-51-63(68)75-54-60(66)55-77-82(71,72)78-56-61(67)57-79-83(73,74)80-59-62(81-65(70)53-50-47-44-41-38-34-24-21-18-15-12-9-6-3)58-76-64(69)52-49-46-43-40-36-33-23-20-17-14-11-8-5-2/h7,10,16,19-21,23-26,28-29,31-32,60-62,66-67H,4-6,8-9,11-15,17-18,22,27,30,33-59H2,1-3H3,(H,71,72)(H,73,74)/b10-7-,19-16-,23-20-,24-21-,26-25-,29-28-,32-31-. The van der Waals surface area contributed by atoms with Gasteiger partial charge >= 0.3 is 33.6 Å². The summed E-state index contributed by atoms with van der Waals surface area (Å²) < 4.78 is 60.7. The number of aliphatic hydroxyl groups is 2. The Kier molecular flexibility index (Phi) is 56.8. The van der Waals surface area contributed by atoms with Gasteiger partial charge in [0.25, 0.3) is 0 Å². The Hall–Kier alpha value is -3.27. The molecule has 5 unspecified atom stereocenters. The lowest BCUT2D eigenvalue weighted by Gasteiger charge is -2.21. The molecule has 0 spiro atoms. The summed E-state index contributed by atoms with van der Waals surface area (Å²) in [6.45, 7) is 2.47. The van der Waals surface area contributed by atoms with Crippen LogP contribution in [0.3, 0.4) is 0 Å². The number of phosphoric ester groups is 2. The zero-order valence-electron chi connectivity index (χ0n) is 51.6. The van der Waals surface area contributed by atoms with Crippen LogP contribution >= 0.6 is 15.6 Å². The average molecular weight is 1210 g/mol. The first kappa shape index (κ1) is 79.7. The van der Waals surface area contributed by atoms with Gasteiger partial charge in [-0.15, -0.1) is 0 Å². The highest BCUT2D eigenvalue weighted by Crippen LogP contribution is 2.45. The summed E-state index contributed by atoms with van der Waals surface area (Å²) >= 11 is 0. The van der Waals surface area contributed by atoms with Gasteiger partial charge in [0.05, 0.1) is 26.4 Å². The summed E-state index contributed by atoms with van der Waals surface area (Å²) in [5, 5.41) is 20.5. The Labute approximate surface area is 502 Å². The molecule has 16 nitrogen and oxygen atoms in total. The SMILES string of the molecule is CC/C=C\C/C=C\C/C=C\C/C=C\C/C=C\CCCCCCCC(=O)OCC(O)COP(=O)(O)OCC(O)COP(=O)(O)OCC(COC(=O)CCCCCCC/C=C\CCCCCC)OC(=O)CCCCCCC/C=C\CCCCCC. The molecule has 0 saturated heterocycles. The van der Waals surface area contributed by atoms with Crippen molar-refractivity contribution < 1.29 is 75.8 Å². The maximum Gasteiger partial charge on any atom is 0.472 e. The van der Waals surface area contributed by atoms with E-state index in [1.165, 1.54) is 51.4 Å². The van der Waals surface area contributed by atoms with E-state index in [1.807, 2.05) is 0 Å². The first-order chi connectivity index (χ1) is 40.2. The fourth-order valence-corrected chi connectivity index (χ4v) is 9.76. The third-order valence-corrected chi connectivity index (χ3v) is 15.0. The molecule has 0 amide bonds. The van der Waals surface area contributed by atoms with Crippen LogP contribution in [0.1, 0.15) is 252 Å². The molecule has 0 heterocycles. The first-order valence-corrected chi connectivity index (χ1v) is 34.9. The van der Waals surface area contributed by atoms with Gasteiger partial charge < -0.3 is 34.2 Å². The maximum atomic E-state index is 12.9. The molecule has 0 aromatic rings. The van der Waals surface area contributed by atoms with Crippen molar-refractivity contribution in [3.63, 3.8) is 0 Å². The molecule has 0 aliphatic carbocycles. The minimum atomic E-state index is -4.92. The lowest BCUT2D eigenvalue weighted by Crippen LogP contribution is -2.30. The van der Waals surface area contributed by atoms with Crippen LogP contribution in [0, 0.1) is 0 Å². The van der Waals surface area contributed by atoms with Crippen molar-refractivity contribution in [2.75, 3.05) is 39.6 Å². The number of aliphatic hydroxyl groups excluding tert-OH is 2. The monoisotopic (exact) mass is 1210 g/mol. The van der Waals surface area contributed by atoms with Gasteiger partial charge in [-0.1, -0.05) is 202 Å². The highest BCUT2D eigenvalue weighted by atomic mass is 31.2. The smallest absolute Gasteiger partial charge is 0.463 e. The molecule has 4 N–H and O–H groups in total. The highest BCUT2D eigenvalue weighted by Gasteiger charge is 2.29. The topological polar surface area (TPSA) is 231 Å². The number of esters is 3. The minimum Gasteiger partial charge on any atom is -0.463 e. The summed E-state index contributed by atoms with van der Waals surface area (Å²) in [4.78, 5) is 58.1. The second kappa shape index (κ2) is 59.1. The summed E-state index contributed by atoms with van der Waals surface area (Å²) in [7, 11) is -9.77. The van der Waals surface area contributed by atoms with E-state index in [2.05, 4.69) is 106 Å². The molecule has 0 radical (unpaired) electrons. The highest BCUT2D eigenvalue weighted by molar-refractivity contribution is 7.47. The molecular weight excluding hydrogens is 1100 g/mol. The fraction of sp³-hybridized carbons (Fsp3) is 0.738. The van der Waals surface area contributed by atoms with Gasteiger partial charge in [0.2, 0.25) is 0 Å². The minimum absolute atomic E-state index is 0.0934. The van der Waals surface area contributed by atoms with E-state index in [9.17, 15) is 43.5 Å². The number of unbranched alkanes of at least 4 members (excludes halogenated alkanes) is 23. The van der Waals surface area contributed by atoms with E-state index in [1.54, 1.807) is 0 Å². The largest absolute Gasteiger partial charge is 0.472 e. The number of hydrogen-bond donors (Lipinski definition) is 4. The lowest BCUT2D eigenvalue weighted by molar-refractivity contribution is -0.161. The molecule has 83 heavy (non-hydrogen) atoms. The van der Waals surface area contributed by atoms with Crippen molar-refractivity contribution in [2.45, 2.75) is 270 Å². The molecule has 0 aromatic heterocycles. The van der Waals surface area contributed by atoms with E-state index in [-0.39, 0.29) is 19.3 Å². The Morgan fingerprint density at radius 2 is 0.639 bits per heavy atom. The second-order valence-electron chi connectivity index (χ2n) is 21.2. The Bertz CT molecular complexity index is 1860. The van der Waals surface area contributed by atoms with E-state index >= 15 is 0 Å². The number of rotatable bonds is 60. The van der Waals surface area contributed by atoms with Crippen molar-refractivity contribution in [3.05, 3.63) is 85.1 Å². The Balaban J connectivity index is 4.62. The second-order valence-corrected chi connectivity index (χ2v) is 24.1. The van der Waals surface area contributed by atoms with Crippen molar-refractivity contribution in [1.82, 2.24) is 0 Å². The van der Waals surface area contributed by atoms with Gasteiger partial charge in [-0.25, -0.2) is 9.13 Å². The van der Waals surface area contributed by atoms with Crippen LogP contribution < -0.4 is 0 Å². The molecule has 5 atom stereocenters.